The van der Waals surface area contributed by atoms with Crippen LogP contribution in [0.1, 0.15) is 52.9 Å². The van der Waals surface area contributed by atoms with E-state index in [-0.39, 0.29) is 13.1 Å². The molecule has 3 amide bonds. The topological polar surface area (TPSA) is 160 Å². The highest BCUT2D eigenvalue weighted by molar-refractivity contribution is 5.88. The molecule has 0 aliphatic carbocycles. The molecule has 0 unspecified atom stereocenters. The summed E-state index contributed by atoms with van der Waals surface area (Å²) in [6.07, 6.45) is 2.21. The average Bonchev–Trinajstić information content (AvgIpc) is 2.71. The molecule has 0 saturated heterocycles. The number of hydrogen-bond donors (Lipinski definition) is 4. The van der Waals surface area contributed by atoms with Crippen LogP contribution < -0.4 is 21.3 Å². The van der Waals surface area contributed by atoms with E-state index in [1.807, 2.05) is 20.8 Å². The quantitative estimate of drug-likeness (QED) is 0.463. The summed E-state index contributed by atoms with van der Waals surface area (Å²) in [7, 11) is 0. The van der Waals surface area contributed by atoms with E-state index >= 15 is 0 Å². The van der Waals surface area contributed by atoms with Crippen molar-refractivity contribution in [1.82, 2.24) is 15.3 Å². The lowest BCUT2D eigenvalue weighted by atomic mass is 10.1. The predicted octanol–water partition coefficient (Wildman–Crippen LogP) is 3.50. The van der Waals surface area contributed by atoms with Crippen molar-refractivity contribution in [3.05, 3.63) is 48.0 Å². The Morgan fingerprint density at radius 3 is 2.18 bits per heavy atom. The smallest absolute Gasteiger partial charge is 0.412 e. The van der Waals surface area contributed by atoms with E-state index in [0.29, 0.717) is 29.2 Å². The number of carboxylic acid groups (broad SMARTS) is 1. The molecular weight excluding hydrogens is 440 g/mol. The molecule has 11 heteroatoms. The van der Waals surface area contributed by atoms with Gasteiger partial charge < -0.3 is 20.9 Å². The second-order valence-corrected chi connectivity index (χ2v) is 9.09. The zero-order valence-electron chi connectivity index (χ0n) is 20.5. The second-order valence-electron chi connectivity index (χ2n) is 9.09. The van der Waals surface area contributed by atoms with Crippen LogP contribution in [0.5, 0.6) is 0 Å². The normalized spacial score (nSPS) is 10.9. The fourth-order valence-corrected chi connectivity index (χ4v) is 2.79. The Balaban J connectivity index is 0.000000342. The molecule has 34 heavy (non-hydrogen) atoms. The van der Waals surface area contributed by atoms with Crippen LogP contribution in [0.2, 0.25) is 0 Å². The minimum atomic E-state index is -1.00. The van der Waals surface area contributed by atoms with Crippen molar-refractivity contribution in [1.29, 1.82) is 0 Å². The van der Waals surface area contributed by atoms with E-state index in [4.69, 9.17) is 10.5 Å². The largest absolute Gasteiger partial charge is 0.465 e. The molecule has 5 N–H and O–H groups in total. The molecule has 0 aromatic carbocycles. The van der Waals surface area contributed by atoms with Crippen molar-refractivity contribution in [3.63, 3.8) is 0 Å². The lowest BCUT2D eigenvalue weighted by Crippen LogP contribution is -2.45. The average molecular weight is 475 g/mol. The molecule has 2 aromatic heterocycles. The first-order valence-electron chi connectivity index (χ1n) is 10.6. The van der Waals surface area contributed by atoms with Crippen molar-refractivity contribution in [2.24, 2.45) is 5.73 Å². The Morgan fingerprint density at radius 1 is 1.09 bits per heavy atom. The number of amides is 3. The monoisotopic (exact) mass is 474 g/mol. The van der Waals surface area contributed by atoms with Gasteiger partial charge in [-0.2, -0.15) is 0 Å². The Kier molecular flexibility index (Phi) is 10.4. The Bertz CT molecular complexity index is 969. The van der Waals surface area contributed by atoms with Crippen LogP contribution in [0.15, 0.2) is 36.7 Å². The summed E-state index contributed by atoms with van der Waals surface area (Å²) in [4.78, 5) is 42.6. The van der Waals surface area contributed by atoms with Crippen LogP contribution in [0.3, 0.4) is 0 Å². The van der Waals surface area contributed by atoms with Gasteiger partial charge in [0.25, 0.3) is 0 Å². The summed E-state index contributed by atoms with van der Waals surface area (Å²) < 4.78 is 5.13. The van der Waals surface area contributed by atoms with Gasteiger partial charge in [-0.25, -0.2) is 9.59 Å². The number of nitrogens with two attached hydrogens (primary N) is 1. The van der Waals surface area contributed by atoms with E-state index in [0.717, 1.165) is 0 Å². The molecule has 2 heterocycles. The summed E-state index contributed by atoms with van der Waals surface area (Å²) in [5.74, 6) is 0. The highest BCUT2D eigenvalue weighted by Gasteiger charge is 2.29. The molecule has 0 fully saturated rings. The first-order chi connectivity index (χ1) is 15.8. The number of nitrogens with zero attached hydrogens (tertiary/aromatic N) is 3. The van der Waals surface area contributed by atoms with E-state index in [1.54, 1.807) is 57.4 Å². The number of ether oxygens (including phenoxy) is 1. The SMILES string of the molecule is CC(C)(C)N(C(=O)O)c1cccnc1CN.CC(C)(C)OC(=O)Nc1cccnc1CNC=O. The molecule has 0 saturated carbocycles. The van der Waals surface area contributed by atoms with Crippen LogP contribution in [0, 0.1) is 0 Å². The maximum atomic E-state index is 11.6. The van der Waals surface area contributed by atoms with Gasteiger partial charge in [0.2, 0.25) is 6.41 Å². The van der Waals surface area contributed by atoms with E-state index < -0.39 is 23.3 Å². The molecule has 2 aromatic rings. The predicted molar refractivity (Wildman–Crippen MR) is 129 cm³/mol. The summed E-state index contributed by atoms with van der Waals surface area (Å²) in [5, 5.41) is 14.3. The van der Waals surface area contributed by atoms with Gasteiger partial charge in [0.15, 0.2) is 0 Å². The van der Waals surface area contributed by atoms with Crippen molar-refractivity contribution < 1.29 is 24.2 Å². The van der Waals surface area contributed by atoms with Crippen LogP contribution in [0.4, 0.5) is 21.0 Å². The van der Waals surface area contributed by atoms with Crippen molar-refractivity contribution in [3.8, 4) is 0 Å². The van der Waals surface area contributed by atoms with E-state index in [1.165, 1.54) is 4.90 Å². The van der Waals surface area contributed by atoms with Gasteiger partial charge in [0.1, 0.15) is 5.60 Å². The molecule has 2 rings (SSSR count). The molecule has 186 valence electrons. The highest BCUT2D eigenvalue weighted by atomic mass is 16.6. The molecule has 0 aliphatic rings. The number of rotatable bonds is 6. The molecule has 0 spiro atoms. The number of aromatic nitrogens is 2. The third-order valence-corrected chi connectivity index (χ3v) is 4.04. The first kappa shape index (κ1) is 28.3. The maximum absolute atomic E-state index is 11.6. The van der Waals surface area contributed by atoms with Crippen LogP contribution in [0.25, 0.3) is 0 Å². The summed E-state index contributed by atoms with van der Waals surface area (Å²) in [6, 6.07) is 6.81. The third kappa shape index (κ3) is 9.41. The van der Waals surface area contributed by atoms with Gasteiger partial charge in [-0.3, -0.25) is 25.0 Å². The van der Waals surface area contributed by atoms with Gasteiger partial charge in [-0.15, -0.1) is 0 Å². The molecule has 0 atom stereocenters. The van der Waals surface area contributed by atoms with Crippen molar-refractivity contribution in [2.45, 2.75) is 65.8 Å². The minimum absolute atomic E-state index is 0.218. The summed E-state index contributed by atoms with van der Waals surface area (Å²) in [6.45, 7) is 11.3. The number of pyridine rings is 2. The van der Waals surface area contributed by atoms with Crippen LogP contribution >= 0.6 is 0 Å². The number of carbonyl (C=O) groups excluding carboxylic acids is 2. The Hall–Kier alpha value is -3.73. The van der Waals surface area contributed by atoms with Crippen LogP contribution in [-0.4, -0.2) is 44.8 Å². The second kappa shape index (κ2) is 12.5. The zero-order chi connectivity index (χ0) is 25.9. The number of hydrogen-bond acceptors (Lipinski definition) is 7. The summed E-state index contributed by atoms with van der Waals surface area (Å²) in [5.41, 5.74) is 6.67. The van der Waals surface area contributed by atoms with Crippen molar-refractivity contribution >= 4 is 30.0 Å². The van der Waals surface area contributed by atoms with Gasteiger partial charge in [-0.1, -0.05) is 0 Å². The fraction of sp³-hybridized carbons (Fsp3) is 0.435. The van der Waals surface area contributed by atoms with Gasteiger partial charge >= 0.3 is 12.2 Å². The molecular formula is C23H34N6O5. The van der Waals surface area contributed by atoms with Gasteiger partial charge in [0.05, 0.1) is 29.3 Å². The summed E-state index contributed by atoms with van der Waals surface area (Å²) >= 11 is 0. The Morgan fingerprint density at radius 2 is 1.68 bits per heavy atom. The van der Waals surface area contributed by atoms with Crippen LogP contribution in [-0.2, 0) is 22.6 Å². The number of anilines is 2. The van der Waals surface area contributed by atoms with Gasteiger partial charge in [0, 0.05) is 24.5 Å². The zero-order valence-corrected chi connectivity index (χ0v) is 20.5. The number of nitrogens with one attached hydrogen (secondary N) is 2. The minimum Gasteiger partial charge on any atom is -0.465 e. The fourth-order valence-electron chi connectivity index (χ4n) is 2.79. The first-order valence-corrected chi connectivity index (χ1v) is 10.6. The van der Waals surface area contributed by atoms with E-state index in [9.17, 15) is 19.5 Å². The lowest BCUT2D eigenvalue weighted by Gasteiger charge is -2.33. The third-order valence-electron chi connectivity index (χ3n) is 4.04. The molecule has 0 aliphatic heterocycles. The van der Waals surface area contributed by atoms with Gasteiger partial charge in [-0.05, 0) is 65.8 Å². The standard InChI is InChI=1S/C12H17N3O3.C11H17N3O2/c1-12(2,3)18-11(17)15-9-5-4-6-14-10(9)7-13-8-16;1-11(2,3)14(10(15)16)9-5-4-6-13-8(9)7-12/h4-6,8H,7H2,1-3H3,(H,13,16)(H,15,17);4-6H,7,12H2,1-3H3,(H,15,16). The highest BCUT2D eigenvalue weighted by Crippen LogP contribution is 2.26. The molecule has 0 bridgehead atoms. The number of carbonyl (C=O) groups is 3. The Labute approximate surface area is 199 Å². The van der Waals surface area contributed by atoms with E-state index in [2.05, 4.69) is 20.6 Å². The van der Waals surface area contributed by atoms with Crippen molar-refractivity contribution in [2.75, 3.05) is 10.2 Å². The lowest BCUT2D eigenvalue weighted by molar-refractivity contribution is -0.109. The molecule has 11 nitrogen and oxygen atoms in total. The molecule has 0 radical (unpaired) electrons. The maximum Gasteiger partial charge on any atom is 0.412 e.